The van der Waals surface area contributed by atoms with Gasteiger partial charge in [0.1, 0.15) is 5.75 Å². The predicted molar refractivity (Wildman–Crippen MR) is 85.9 cm³/mol. The molecule has 0 spiro atoms. The SMILES string of the molecule is Cc1cc(N)c(NC(=O)COc2ccccc2C)cc1Cl. The number of nitrogen functional groups attached to an aromatic ring is 1. The van der Waals surface area contributed by atoms with Crippen LogP contribution in [-0.2, 0) is 4.79 Å². The van der Waals surface area contributed by atoms with Gasteiger partial charge in [0.25, 0.3) is 5.91 Å². The van der Waals surface area contributed by atoms with Gasteiger partial charge in [-0.05, 0) is 43.2 Å². The van der Waals surface area contributed by atoms with Crippen molar-refractivity contribution < 1.29 is 9.53 Å². The average molecular weight is 305 g/mol. The highest BCUT2D eigenvalue weighted by atomic mass is 35.5. The van der Waals surface area contributed by atoms with Gasteiger partial charge in [-0.3, -0.25) is 4.79 Å². The summed E-state index contributed by atoms with van der Waals surface area (Å²) in [5.41, 5.74) is 8.66. The van der Waals surface area contributed by atoms with E-state index in [4.69, 9.17) is 22.1 Å². The summed E-state index contributed by atoms with van der Waals surface area (Å²) in [7, 11) is 0. The van der Waals surface area contributed by atoms with E-state index in [1.165, 1.54) is 0 Å². The number of halogens is 1. The van der Waals surface area contributed by atoms with Crippen LogP contribution in [0.15, 0.2) is 36.4 Å². The van der Waals surface area contributed by atoms with Gasteiger partial charge in [0.2, 0.25) is 0 Å². The summed E-state index contributed by atoms with van der Waals surface area (Å²) >= 11 is 6.02. The number of benzene rings is 2. The number of aryl methyl sites for hydroxylation is 2. The van der Waals surface area contributed by atoms with Gasteiger partial charge >= 0.3 is 0 Å². The highest BCUT2D eigenvalue weighted by Gasteiger charge is 2.09. The summed E-state index contributed by atoms with van der Waals surface area (Å²) in [5, 5.41) is 3.25. The monoisotopic (exact) mass is 304 g/mol. The Morgan fingerprint density at radius 2 is 1.95 bits per heavy atom. The number of carbonyl (C=O) groups is 1. The molecule has 0 aliphatic carbocycles. The van der Waals surface area contributed by atoms with Gasteiger partial charge in [0.05, 0.1) is 11.4 Å². The minimum absolute atomic E-state index is 0.0875. The third kappa shape index (κ3) is 3.89. The molecule has 2 aromatic rings. The maximum Gasteiger partial charge on any atom is 0.262 e. The van der Waals surface area contributed by atoms with Crippen LogP contribution in [0.2, 0.25) is 5.02 Å². The van der Waals surface area contributed by atoms with Crippen molar-refractivity contribution >= 4 is 28.9 Å². The molecule has 0 unspecified atom stereocenters. The maximum atomic E-state index is 11.9. The van der Waals surface area contributed by atoms with E-state index >= 15 is 0 Å². The molecule has 110 valence electrons. The van der Waals surface area contributed by atoms with Gasteiger partial charge in [-0.2, -0.15) is 0 Å². The standard InChI is InChI=1S/C16H17ClN2O2/c1-10-5-3-4-6-15(10)21-9-16(20)19-14-8-12(17)11(2)7-13(14)18/h3-8H,9,18H2,1-2H3,(H,19,20). The van der Waals surface area contributed by atoms with Crippen molar-refractivity contribution in [3.05, 3.63) is 52.5 Å². The number of ether oxygens (including phenoxy) is 1. The molecule has 21 heavy (non-hydrogen) atoms. The topological polar surface area (TPSA) is 64.3 Å². The first kappa shape index (κ1) is 15.2. The van der Waals surface area contributed by atoms with E-state index in [1.54, 1.807) is 12.1 Å². The van der Waals surface area contributed by atoms with Gasteiger partial charge < -0.3 is 15.8 Å². The Balaban J connectivity index is 1.99. The lowest BCUT2D eigenvalue weighted by atomic mass is 10.2. The Hall–Kier alpha value is -2.20. The van der Waals surface area contributed by atoms with E-state index < -0.39 is 0 Å². The number of para-hydroxylation sites is 1. The lowest BCUT2D eigenvalue weighted by Crippen LogP contribution is -2.21. The molecule has 0 saturated heterocycles. The van der Waals surface area contributed by atoms with Gasteiger partial charge in [-0.25, -0.2) is 0 Å². The zero-order valence-corrected chi connectivity index (χ0v) is 12.7. The van der Waals surface area contributed by atoms with E-state index in [1.807, 2.05) is 38.1 Å². The smallest absolute Gasteiger partial charge is 0.262 e. The summed E-state index contributed by atoms with van der Waals surface area (Å²) in [6, 6.07) is 10.9. The average Bonchev–Trinajstić information content (AvgIpc) is 2.44. The molecule has 0 aliphatic rings. The van der Waals surface area contributed by atoms with Crippen molar-refractivity contribution in [2.24, 2.45) is 0 Å². The fraction of sp³-hybridized carbons (Fsp3) is 0.188. The first-order valence-corrected chi connectivity index (χ1v) is 6.89. The molecule has 0 atom stereocenters. The number of amides is 1. The Kier molecular flexibility index (Phi) is 4.70. The van der Waals surface area contributed by atoms with Crippen molar-refractivity contribution in [1.82, 2.24) is 0 Å². The molecule has 1 amide bonds. The van der Waals surface area contributed by atoms with Crippen LogP contribution >= 0.6 is 11.6 Å². The summed E-state index contributed by atoms with van der Waals surface area (Å²) < 4.78 is 5.48. The lowest BCUT2D eigenvalue weighted by molar-refractivity contribution is -0.118. The molecule has 2 rings (SSSR count). The number of nitrogens with two attached hydrogens (primary N) is 1. The van der Waals surface area contributed by atoms with Crippen molar-refractivity contribution in [1.29, 1.82) is 0 Å². The highest BCUT2D eigenvalue weighted by Crippen LogP contribution is 2.26. The van der Waals surface area contributed by atoms with Crippen LogP contribution in [0, 0.1) is 13.8 Å². The maximum absolute atomic E-state index is 11.9. The van der Waals surface area contributed by atoms with Gasteiger partial charge in [-0.15, -0.1) is 0 Å². The highest BCUT2D eigenvalue weighted by molar-refractivity contribution is 6.31. The number of rotatable bonds is 4. The molecule has 4 nitrogen and oxygen atoms in total. The lowest BCUT2D eigenvalue weighted by Gasteiger charge is -2.12. The van der Waals surface area contributed by atoms with E-state index in [2.05, 4.69) is 5.32 Å². The second-order valence-corrected chi connectivity index (χ2v) is 5.20. The molecule has 5 heteroatoms. The van der Waals surface area contributed by atoms with Crippen LogP contribution in [0.3, 0.4) is 0 Å². The number of carbonyl (C=O) groups excluding carboxylic acids is 1. The number of anilines is 2. The minimum Gasteiger partial charge on any atom is -0.483 e. The Labute approximate surface area is 128 Å². The first-order chi connectivity index (χ1) is 9.97. The van der Waals surface area contributed by atoms with Crippen molar-refractivity contribution in [3.63, 3.8) is 0 Å². The molecule has 0 radical (unpaired) electrons. The van der Waals surface area contributed by atoms with E-state index in [0.717, 1.165) is 11.1 Å². The first-order valence-electron chi connectivity index (χ1n) is 6.51. The number of hydrogen-bond donors (Lipinski definition) is 2. The molecule has 2 aromatic carbocycles. The number of hydrogen-bond acceptors (Lipinski definition) is 3. The Morgan fingerprint density at radius 3 is 2.67 bits per heavy atom. The van der Waals surface area contributed by atoms with E-state index in [-0.39, 0.29) is 12.5 Å². The fourth-order valence-corrected chi connectivity index (χ4v) is 2.02. The second kappa shape index (κ2) is 6.50. The minimum atomic E-state index is -0.287. The van der Waals surface area contributed by atoms with Crippen LogP contribution in [0.5, 0.6) is 5.75 Å². The van der Waals surface area contributed by atoms with Crippen LogP contribution in [-0.4, -0.2) is 12.5 Å². The van der Waals surface area contributed by atoms with Crippen LogP contribution < -0.4 is 15.8 Å². The van der Waals surface area contributed by atoms with Crippen molar-refractivity contribution in [2.45, 2.75) is 13.8 Å². The van der Waals surface area contributed by atoms with Crippen molar-refractivity contribution in [2.75, 3.05) is 17.7 Å². The van der Waals surface area contributed by atoms with Crippen molar-refractivity contribution in [3.8, 4) is 5.75 Å². The summed E-state index contributed by atoms with van der Waals surface area (Å²) in [6.45, 7) is 3.69. The Bertz CT molecular complexity index is 671. The van der Waals surface area contributed by atoms with E-state index in [0.29, 0.717) is 22.1 Å². The Morgan fingerprint density at radius 1 is 1.24 bits per heavy atom. The molecule has 0 aromatic heterocycles. The number of nitrogens with one attached hydrogen (secondary N) is 1. The molecule has 0 heterocycles. The van der Waals surface area contributed by atoms with Crippen LogP contribution in [0.25, 0.3) is 0 Å². The third-order valence-electron chi connectivity index (χ3n) is 3.06. The molecule has 0 fully saturated rings. The van der Waals surface area contributed by atoms with Crippen LogP contribution in [0.4, 0.5) is 11.4 Å². The zero-order chi connectivity index (χ0) is 15.4. The third-order valence-corrected chi connectivity index (χ3v) is 3.46. The molecule has 0 bridgehead atoms. The fourth-order valence-electron chi connectivity index (χ4n) is 1.86. The second-order valence-electron chi connectivity index (χ2n) is 4.79. The summed E-state index contributed by atoms with van der Waals surface area (Å²) in [6.07, 6.45) is 0. The van der Waals surface area contributed by atoms with Gasteiger partial charge in [0.15, 0.2) is 6.61 Å². The zero-order valence-electron chi connectivity index (χ0n) is 11.9. The molecule has 0 saturated carbocycles. The molecular weight excluding hydrogens is 288 g/mol. The molecular formula is C16H17ClN2O2. The normalized spacial score (nSPS) is 10.2. The summed E-state index contributed by atoms with van der Waals surface area (Å²) in [5.74, 6) is 0.396. The summed E-state index contributed by atoms with van der Waals surface area (Å²) in [4.78, 5) is 11.9. The quantitative estimate of drug-likeness (QED) is 0.849. The predicted octanol–water partition coefficient (Wildman–Crippen LogP) is 3.56. The van der Waals surface area contributed by atoms with E-state index in [9.17, 15) is 4.79 Å². The van der Waals surface area contributed by atoms with Gasteiger partial charge in [0, 0.05) is 5.02 Å². The van der Waals surface area contributed by atoms with Crippen LogP contribution in [0.1, 0.15) is 11.1 Å². The largest absolute Gasteiger partial charge is 0.483 e. The van der Waals surface area contributed by atoms with Gasteiger partial charge in [-0.1, -0.05) is 29.8 Å². The molecule has 3 N–H and O–H groups in total. The molecule has 0 aliphatic heterocycles.